The number of carbonyl (C=O) groups is 1. The lowest BCUT2D eigenvalue weighted by molar-refractivity contribution is -0.161. The predicted octanol–water partition coefficient (Wildman–Crippen LogP) is 3.21. The number of fused-ring (bicyclic) bond motifs is 1. The van der Waals surface area contributed by atoms with Gasteiger partial charge in [-0.25, -0.2) is 10.4 Å². The van der Waals surface area contributed by atoms with Gasteiger partial charge in [0, 0.05) is 12.8 Å². The molecule has 1 saturated carbocycles. The zero-order valence-electron chi connectivity index (χ0n) is 18.1. The Morgan fingerprint density at radius 3 is 2.52 bits per heavy atom. The summed E-state index contributed by atoms with van der Waals surface area (Å²) in [6, 6.07) is 6.41. The fourth-order valence-corrected chi connectivity index (χ4v) is 5.11. The molecule has 8 nitrogen and oxygen atoms in total. The van der Waals surface area contributed by atoms with Gasteiger partial charge in [0.05, 0.1) is 5.92 Å². The van der Waals surface area contributed by atoms with Crippen LogP contribution in [-0.4, -0.2) is 46.6 Å². The molecule has 1 amide bonds. The first-order chi connectivity index (χ1) is 15.7. The van der Waals surface area contributed by atoms with Crippen molar-refractivity contribution < 1.29 is 27.1 Å². The molecule has 0 radical (unpaired) electrons. The Morgan fingerprint density at radius 2 is 1.88 bits per heavy atom. The third-order valence-corrected chi connectivity index (χ3v) is 6.80. The summed E-state index contributed by atoms with van der Waals surface area (Å²) >= 11 is 0. The number of nitrogens with one attached hydrogen (secondary N) is 2. The molecule has 5 rings (SSSR count). The van der Waals surface area contributed by atoms with Crippen LogP contribution < -0.4 is 10.7 Å². The van der Waals surface area contributed by atoms with E-state index in [2.05, 4.69) is 20.9 Å². The van der Waals surface area contributed by atoms with Crippen LogP contribution in [0.4, 0.5) is 13.2 Å². The van der Waals surface area contributed by atoms with E-state index in [1.54, 1.807) is 44.4 Å². The van der Waals surface area contributed by atoms with Crippen LogP contribution in [-0.2, 0) is 15.1 Å². The molecule has 1 saturated heterocycles. The van der Waals surface area contributed by atoms with E-state index in [1.807, 2.05) is 0 Å². The van der Waals surface area contributed by atoms with Gasteiger partial charge in [-0.1, -0.05) is 30.3 Å². The van der Waals surface area contributed by atoms with E-state index in [1.165, 1.54) is 0 Å². The molecule has 0 spiro atoms. The van der Waals surface area contributed by atoms with E-state index in [-0.39, 0.29) is 17.4 Å². The zero-order chi connectivity index (χ0) is 23.4. The minimum Gasteiger partial charge on any atom is -0.417 e. The second-order valence-corrected chi connectivity index (χ2v) is 8.67. The van der Waals surface area contributed by atoms with Crippen LogP contribution in [0.15, 0.2) is 40.4 Å². The molecular formula is C22H24F3N5O3. The van der Waals surface area contributed by atoms with Crippen molar-refractivity contribution in [2.45, 2.75) is 62.5 Å². The summed E-state index contributed by atoms with van der Waals surface area (Å²) in [5, 5.41) is 12.2. The highest BCUT2D eigenvalue weighted by molar-refractivity contribution is 6.19. The molecule has 176 valence electrons. The topological polar surface area (TPSA) is 92.5 Å². The van der Waals surface area contributed by atoms with Gasteiger partial charge in [0.25, 0.3) is 11.8 Å². The molecule has 33 heavy (non-hydrogen) atoms. The van der Waals surface area contributed by atoms with Gasteiger partial charge in [0.2, 0.25) is 5.89 Å². The van der Waals surface area contributed by atoms with Crippen molar-refractivity contribution in [2.24, 2.45) is 0 Å². The lowest BCUT2D eigenvalue weighted by Crippen LogP contribution is -2.54. The normalized spacial score (nSPS) is 27.1. The summed E-state index contributed by atoms with van der Waals surface area (Å²) in [4.78, 5) is 13.4. The van der Waals surface area contributed by atoms with E-state index in [0.29, 0.717) is 11.3 Å². The summed E-state index contributed by atoms with van der Waals surface area (Å²) in [6.45, 7) is 1.62. The summed E-state index contributed by atoms with van der Waals surface area (Å²) in [7, 11) is 1.58. The van der Waals surface area contributed by atoms with Gasteiger partial charge in [-0.05, 0) is 38.2 Å². The summed E-state index contributed by atoms with van der Waals surface area (Å²) in [5.41, 5.74) is 2.57. The number of benzene rings is 1. The third-order valence-electron chi connectivity index (χ3n) is 6.80. The van der Waals surface area contributed by atoms with Gasteiger partial charge in [-0.3, -0.25) is 4.79 Å². The van der Waals surface area contributed by atoms with Gasteiger partial charge in [-0.2, -0.15) is 13.2 Å². The maximum Gasteiger partial charge on any atom is 0.406 e. The Hall–Kier alpha value is -2.92. The second kappa shape index (κ2) is 7.84. The maximum atomic E-state index is 13.9. The molecule has 1 aliphatic carbocycles. The number of halogens is 3. The van der Waals surface area contributed by atoms with Crippen LogP contribution >= 0.6 is 0 Å². The van der Waals surface area contributed by atoms with Crippen molar-refractivity contribution in [3.8, 4) is 0 Å². The number of rotatable bonds is 4. The Kier molecular flexibility index (Phi) is 5.20. The maximum absolute atomic E-state index is 13.9. The molecule has 2 aliphatic heterocycles. The molecule has 3 atom stereocenters. The molecule has 1 aromatic heterocycles. The van der Waals surface area contributed by atoms with Crippen LogP contribution in [0.25, 0.3) is 5.57 Å². The van der Waals surface area contributed by atoms with Crippen molar-refractivity contribution in [3.05, 3.63) is 53.4 Å². The standard InChI is InChI=1S/C22H24F3N5O3/c1-12-14(18-27-28-20(33-18)21(32-2)10-6-7-11-21)19(31)30-17(26-12)15(13-8-4-3-5-9-13)16(29-30)22(23,24)25/h3-5,8-9,15-17,26,29H,6-7,10-11H2,1-2H3. The third kappa shape index (κ3) is 3.50. The van der Waals surface area contributed by atoms with Crippen LogP contribution in [0.5, 0.6) is 0 Å². The number of alkyl halides is 3. The molecule has 3 unspecified atom stereocenters. The minimum atomic E-state index is -4.57. The van der Waals surface area contributed by atoms with Crippen molar-refractivity contribution in [1.82, 2.24) is 25.9 Å². The lowest BCUT2D eigenvalue weighted by atomic mass is 9.89. The Morgan fingerprint density at radius 1 is 1.18 bits per heavy atom. The summed E-state index contributed by atoms with van der Waals surface area (Å²) in [5.74, 6) is -1.47. The SMILES string of the molecule is COC1(c2nnc(C3=C(C)NC4C(c5ccccc5)C(C(F)(F)F)NN4C3=O)o2)CCCC1. The molecule has 2 N–H and O–H groups in total. The minimum absolute atomic E-state index is 0.0383. The average molecular weight is 463 g/mol. The Bertz CT molecular complexity index is 1080. The molecule has 2 aromatic rings. The van der Waals surface area contributed by atoms with Crippen LogP contribution in [0.2, 0.25) is 0 Å². The first kappa shape index (κ1) is 21.9. The fourth-order valence-electron chi connectivity index (χ4n) is 5.11. The van der Waals surface area contributed by atoms with Gasteiger partial charge < -0.3 is 14.5 Å². The lowest BCUT2D eigenvalue weighted by Gasteiger charge is -2.34. The first-order valence-corrected chi connectivity index (χ1v) is 10.8. The second-order valence-electron chi connectivity index (χ2n) is 8.67. The highest BCUT2D eigenvalue weighted by atomic mass is 19.4. The highest BCUT2D eigenvalue weighted by Crippen LogP contribution is 2.44. The number of ether oxygens (including phenoxy) is 1. The first-order valence-electron chi connectivity index (χ1n) is 10.8. The number of hydrazine groups is 1. The van der Waals surface area contributed by atoms with Crippen molar-refractivity contribution >= 4 is 11.5 Å². The van der Waals surface area contributed by atoms with E-state index in [9.17, 15) is 18.0 Å². The molecular weight excluding hydrogens is 439 g/mol. The molecule has 3 aliphatic rings. The van der Waals surface area contributed by atoms with Gasteiger partial charge in [-0.15, -0.1) is 10.2 Å². The number of nitrogens with zero attached hydrogens (tertiary/aromatic N) is 3. The summed E-state index contributed by atoms with van der Waals surface area (Å²) in [6.07, 6.45) is -2.16. The monoisotopic (exact) mass is 463 g/mol. The van der Waals surface area contributed by atoms with Crippen LogP contribution in [0, 0.1) is 0 Å². The van der Waals surface area contributed by atoms with Crippen molar-refractivity contribution in [3.63, 3.8) is 0 Å². The molecule has 2 fully saturated rings. The van der Waals surface area contributed by atoms with Crippen molar-refractivity contribution in [2.75, 3.05) is 7.11 Å². The highest BCUT2D eigenvalue weighted by Gasteiger charge is 2.58. The molecule has 1 aromatic carbocycles. The van der Waals surface area contributed by atoms with Crippen LogP contribution in [0.1, 0.15) is 55.9 Å². The number of carbonyl (C=O) groups excluding carboxylic acids is 1. The van der Waals surface area contributed by atoms with E-state index in [0.717, 1.165) is 30.7 Å². The number of amides is 1. The zero-order valence-corrected chi connectivity index (χ0v) is 18.1. The number of aromatic nitrogens is 2. The fraction of sp³-hybridized carbons (Fsp3) is 0.500. The Labute approximate surface area is 188 Å². The molecule has 3 heterocycles. The smallest absolute Gasteiger partial charge is 0.406 e. The van der Waals surface area contributed by atoms with Crippen molar-refractivity contribution in [1.29, 1.82) is 0 Å². The van der Waals surface area contributed by atoms with E-state index >= 15 is 0 Å². The quantitative estimate of drug-likeness (QED) is 0.719. The van der Waals surface area contributed by atoms with Crippen LogP contribution in [0.3, 0.4) is 0 Å². The number of hydrogen-bond donors (Lipinski definition) is 2. The average Bonchev–Trinajstić information content (AvgIpc) is 3.52. The number of hydrogen-bond acceptors (Lipinski definition) is 7. The summed E-state index contributed by atoms with van der Waals surface area (Å²) < 4.78 is 53.3. The number of methoxy groups -OCH3 is 1. The molecule has 11 heteroatoms. The number of allylic oxidation sites excluding steroid dienone is 1. The van der Waals surface area contributed by atoms with Gasteiger partial charge in [0.1, 0.15) is 23.4 Å². The van der Waals surface area contributed by atoms with E-state index < -0.39 is 35.8 Å². The molecule has 0 bridgehead atoms. The van der Waals surface area contributed by atoms with Gasteiger partial charge >= 0.3 is 6.18 Å². The Balaban J connectivity index is 1.51. The van der Waals surface area contributed by atoms with Gasteiger partial charge in [0.15, 0.2) is 0 Å². The largest absolute Gasteiger partial charge is 0.417 e. The predicted molar refractivity (Wildman–Crippen MR) is 110 cm³/mol. The van der Waals surface area contributed by atoms with E-state index in [4.69, 9.17) is 9.15 Å².